The van der Waals surface area contributed by atoms with Crippen molar-refractivity contribution in [3.8, 4) is 22.3 Å². The van der Waals surface area contributed by atoms with Gasteiger partial charge in [0.05, 0.1) is 0 Å². The normalized spacial score (nSPS) is 11.6. The van der Waals surface area contributed by atoms with Gasteiger partial charge in [-0.25, -0.2) is 0 Å². The smallest absolute Gasteiger partial charge is 0.0464 e. The fourth-order valence-corrected chi connectivity index (χ4v) is 4.46. The first kappa shape index (κ1) is 20.1. The summed E-state index contributed by atoms with van der Waals surface area (Å²) in [5, 5.41) is 7.19. The van der Waals surface area contributed by atoms with Crippen molar-refractivity contribution in [1.29, 1.82) is 0 Å². The lowest BCUT2D eigenvalue weighted by molar-refractivity contribution is 1.51. The molecule has 1 aliphatic heterocycles. The molecule has 0 atom stereocenters. The van der Waals surface area contributed by atoms with E-state index < -0.39 is 0 Å². The van der Waals surface area contributed by atoms with Crippen LogP contribution in [0.1, 0.15) is 11.1 Å². The van der Waals surface area contributed by atoms with E-state index in [4.69, 9.17) is 0 Å². The fourth-order valence-electron chi connectivity index (χ4n) is 4.46. The molecule has 0 saturated carbocycles. The van der Waals surface area contributed by atoms with Crippen molar-refractivity contribution in [2.24, 2.45) is 0 Å². The van der Waals surface area contributed by atoms with Crippen molar-refractivity contribution >= 4 is 34.9 Å². The monoisotopic (exact) mass is 436 g/mol. The number of fused-ring (bicyclic) bond motifs is 2. The van der Waals surface area contributed by atoms with Crippen molar-refractivity contribution < 1.29 is 0 Å². The van der Waals surface area contributed by atoms with Crippen LogP contribution in [-0.4, -0.2) is 0 Å². The lowest BCUT2D eigenvalue weighted by atomic mass is 9.96. The van der Waals surface area contributed by atoms with Gasteiger partial charge in [-0.05, 0) is 64.2 Å². The maximum atomic E-state index is 3.62. The molecule has 0 spiro atoms. The summed E-state index contributed by atoms with van der Waals surface area (Å²) in [5.41, 5.74) is 11.6. The lowest BCUT2D eigenvalue weighted by Gasteiger charge is -2.14. The second-order valence-corrected chi connectivity index (χ2v) is 8.47. The summed E-state index contributed by atoms with van der Waals surface area (Å²) in [4.78, 5) is 0. The summed E-state index contributed by atoms with van der Waals surface area (Å²) in [5.74, 6) is 0. The largest absolute Gasteiger partial charge is 0.355 e. The Bertz CT molecular complexity index is 1500. The molecular weight excluding hydrogens is 412 g/mol. The Morgan fingerprint density at radius 3 is 2.09 bits per heavy atom. The summed E-state index contributed by atoms with van der Waals surface area (Å²) in [7, 11) is 0. The zero-order valence-corrected chi connectivity index (χ0v) is 18.7. The molecule has 5 aromatic rings. The van der Waals surface area contributed by atoms with Crippen molar-refractivity contribution in [2.45, 2.75) is 0 Å². The van der Waals surface area contributed by atoms with Crippen LogP contribution in [0, 0.1) is 0 Å². The second-order valence-electron chi connectivity index (χ2n) is 8.47. The Labute approximate surface area is 200 Å². The molecule has 0 unspecified atom stereocenters. The van der Waals surface area contributed by atoms with E-state index in [0.717, 1.165) is 22.7 Å². The molecule has 162 valence electrons. The number of rotatable bonds is 4. The second kappa shape index (κ2) is 8.76. The molecular formula is C32H24N2. The van der Waals surface area contributed by atoms with Crippen LogP contribution in [0.4, 0.5) is 22.7 Å². The van der Waals surface area contributed by atoms with Crippen LogP contribution in [0.25, 0.3) is 34.4 Å². The minimum absolute atomic E-state index is 1.08. The lowest BCUT2D eigenvalue weighted by Crippen LogP contribution is -1.94. The topological polar surface area (TPSA) is 24.1 Å². The molecule has 0 saturated heterocycles. The third-order valence-corrected chi connectivity index (χ3v) is 6.21. The molecule has 0 aromatic heterocycles. The molecule has 1 aliphatic rings. The van der Waals surface area contributed by atoms with E-state index in [1.165, 1.54) is 33.4 Å². The third kappa shape index (κ3) is 3.98. The molecule has 0 bridgehead atoms. The molecule has 0 aliphatic carbocycles. The number of hydrogen-bond donors (Lipinski definition) is 2. The molecule has 0 fully saturated rings. The Morgan fingerprint density at radius 1 is 0.471 bits per heavy atom. The highest BCUT2D eigenvalue weighted by Gasteiger charge is 2.11. The number of anilines is 4. The molecule has 1 heterocycles. The maximum Gasteiger partial charge on any atom is 0.0464 e. The molecule has 6 rings (SSSR count). The van der Waals surface area contributed by atoms with Gasteiger partial charge < -0.3 is 10.6 Å². The van der Waals surface area contributed by atoms with Crippen LogP contribution < -0.4 is 10.6 Å². The average molecular weight is 437 g/mol. The minimum atomic E-state index is 1.08. The molecule has 0 radical (unpaired) electrons. The third-order valence-electron chi connectivity index (χ3n) is 6.21. The average Bonchev–Trinajstić information content (AvgIpc) is 3.08. The van der Waals surface area contributed by atoms with Gasteiger partial charge in [0.2, 0.25) is 0 Å². The summed E-state index contributed by atoms with van der Waals surface area (Å²) < 4.78 is 0. The molecule has 2 nitrogen and oxygen atoms in total. The van der Waals surface area contributed by atoms with Crippen LogP contribution in [-0.2, 0) is 0 Å². The van der Waals surface area contributed by atoms with E-state index in [-0.39, 0.29) is 0 Å². The van der Waals surface area contributed by atoms with Gasteiger partial charge in [-0.3, -0.25) is 0 Å². The summed E-state index contributed by atoms with van der Waals surface area (Å²) in [6.07, 6.45) is 4.35. The van der Waals surface area contributed by atoms with Crippen LogP contribution in [0.15, 0.2) is 121 Å². The highest BCUT2D eigenvalue weighted by molar-refractivity contribution is 5.90. The summed E-state index contributed by atoms with van der Waals surface area (Å²) in [6.45, 7) is 0. The van der Waals surface area contributed by atoms with E-state index in [1.54, 1.807) is 0 Å². The van der Waals surface area contributed by atoms with Crippen LogP contribution in [0.5, 0.6) is 0 Å². The number of para-hydroxylation sites is 3. The Kier molecular flexibility index (Phi) is 5.17. The first-order chi connectivity index (χ1) is 16.8. The minimum Gasteiger partial charge on any atom is -0.355 e. The van der Waals surface area contributed by atoms with Gasteiger partial charge >= 0.3 is 0 Å². The predicted molar refractivity (Wildman–Crippen MR) is 146 cm³/mol. The standard InChI is InChI=1S/C32H24N2/c1-2-12-28(13-3-1)33-31-16-7-5-14-29(31)27-11-8-10-25(21-27)26-20-19-24-18-17-23-9-4-6-15-30(23)34-32(24)22-26/h1-22,33-34H. The fraction of sp³-hybridized carbons (Fsp3) is 0. The van der Waals surface area contributed by atoms with Gasteiger partial charge in [-0.15, -0.1) is 0 Å². The van der Waals surface area contributed by atoms with E-state index in [2.05, 4.69) is 126 Å². The van der Waals surface area contributed by atoms with Crippen LogP contribution in [0.3, 0.4) is 0 Å². The highest BCUT2D eigenvalue weighted by atomic mass is 14.9. The zero-order chi connectivity index (χ0) is 22.7. The van der Waals surface area contributed by atoms with E-state index in [0.29, 0.717) is 0 Å². The molecule has 5 aromatic carbocycles. The molecule has 34 heavy (non-hydrogen) atoms. The Hall–Kier alpha value is -4.56. The highest BCUT2D eigenvalue weighted by Crippen LogP contribution is 2.36. The predicted octanol–water partition coefficient (Wildman–Crippen LogP) is 8.99. The van der Waals surface area contributed by atoms with Gasteiger partial charge in [0.15, 0.2) is 0 Å². The quantitative estimate of drug-likeness (QED) is 0.288. The number of hydrogen-bond acceptors (Lipinski definition) is 2. The van der Waals surface area contributed by atoms with Crippen molar-refractivity contribution in [2.75, 3.05) is 10.6 Å². The van der Waals surface area contributed by atoms with Gasteiger partial charge in [0, 0.05) is 28.3 Å². The summed E-state index contributed by atoms with van der Waals surface area (Å²) in [6, 6.07) is 42.6. The van der Waals surface area contributed by atoms with Gasteiger partial charge in [0.1, 0.15) is 0 Å². The van der Waals surface area contributed by atoms with E-state index >= 15 is 0 Å². The molecule has 2 heteroatoms. The van der Waals surface area contributed by atoms with Crippen molar-refractivity contribution in [1.82, 2.24) is 0 Å². The first-order valence-corrected chi connectivity index (χ1v) is 11.5. The SMILES string of the molecule is C1=Cc2ccc(-c3cccc(-c4ccccc4Nc4ccccc4)c3)cc2Nc2ccccc21. The summed E-state index contributed by atoms with van der Waals surface area (Å²) >= 11 is 0. The van der Waals surface area contributed by atoms with Gasteiger partial charge in [-0.2, -0.15) is 0 Å². The molecule has 0 amide bonds. The van der Waals surface area contributed by atoms with Crippen molar-refractivity contribution in [3.05, 3.63) is 132 Å². The van der Waals surface area contributed by atoms with Gasteiger partial charge in [-0.1, -0.05) is 97.1 Å². The number of benzene rings is 5. The van der Waals surface area contributed by atoms with E-state index in [1.807, 2.05) is 18.2 Å². The van der Waals surface area contributed by atoms with Gasteiger partial charge in [0.25, 0.3) is 0 Å². The maximum absolute atomic E-state index is 3.62. The Balaban J connectivity index is 1.36. The van der Waals surface area contributed by atoms with Crippen molar-refractivity contribution in [3.63, 3.8) is 0 Å². The zero-order valence-electron chi connectivity index (χ0n) is 18.7. The Morgan fingerprint density at radius 2 is 1.18 bits per heavy atom. The van der Waals surface area contributed by atoms with Crippen LogP contribution in [0.2, 0.25) is 0 Å². The molecule has 2 N–H and O–H groups in total. The first-order valence-electron chi connectivity index (χ1n) is 11.5. The van der Waals surface area contributed by atoms with Crippen LogP contribution >= 0.6 is 0 Å². The van der Waals surface area contributed by atoms with E-state index in [9.17, 15) is 0 Å². The number of nitrogens with one attached hydrogen (secondary N) is 2.